The van der Waals surface area contributed by atoms with E-state index in [-0.39, 0.29) is 18.0 Å². The van der Waals surface area contributed by atoms with Crippen LogP contribution in [0.3, 0.4) is 0 Å². The molecule has 0 radical (unpaired) electrons. The maximum Gasteiger partial charge on any atom is 0.240 e. The number of hydrogen-bond donors (Lipinski definition) is 1. The Morgan fingerprint density at radius 1 is 1.00 bits per heavy atom. The van der Waals surface area contributed by atoms with E-state index in [1.54, 1.807) is 12.1 Å². The average molecular weight is 354 g/mol. The Morgan fingerprint density at radius 3 is 2.35 bits per heavy atom. The van der Waals surface area contributed by atoms with Crippen molar-refractivity contribution in [3.63, 3.8) is 0 Å². The van der Waals surface area contributed by atoms with Gasteiger partial charge in [0.2, 0.25) is 10.0 Å². The number of para-hydroxylation sites is 1. The summed E-state index contributed by atoms with van der Waals surface area (Å²) in [5.41, 5.74) is 1.08. The number of halogens is 1. The van der Waals surface area contributed by atoms with Crippen molar-refractivity contribution < 1.29 is 13.2 Å². The van der Waals surface area contributed by atoms with Gasteiger partial charge in [-0.3, -0.25) is 0 Å². The SMILES string of the molecule is O=S(=O)(NCCOc1ccccc1)c1ccc(CCCCl)cc1. The van der Waals surface area contributed by atoms with Crippen LogP contribution in [-0.2, 0) is 16.4 Å². The molecule has 2 aromatic carbocycles. The molecule has 1 N–H and O–H groups in total. The fraction of sp³-hybridized carbons (Fsp3) is 0.294. The molecule has 0 bridgehead atoms. The zero-order valence-electron chi connectivity index (χ0n) is 12.7. The Balaban J connectivity index is 1.83. The number of nitrogens with one attached hydrogen (secondary N) is 1. The third kappa shape index (κ3) is 5.86. The molecule has 0 heterocycles. The normalized spacial score (nSPS) is 11.3. The van der Waals surface area contributed by atoms with Gasteiger partial charge in [-0.2, -0.15) is 0 Å². The summed E-state index contributed by atoms with van der Waals surface area (Å²) in [6.07, 6.45) is 1.73. The standard InChI is InChI=1S/C17H20ClNO3S/c18-12-4-5-15-8-10-17(11-9-15)23(20,21)19-13-14-22-16-6-2-1-3-7-16/h1-3,6-11,19H,4-5,12-14H2. The summed E-state index contributed by atoms with van der Waals surface area (Å²) in [7, 11) is -3.51. The summed E-state index contributed by atoms with van der Waals surface area (Å²) in [5.74, 6) is 1.32. The molecule has 124 valence electrons. The Labute approximate surface area is 142 Å². The van der Waals surface area contributed by atoms with E-state index in [1.807, 2.05) is 42.5 Å². The van der Waals surface area contributed by atoms with E-state index in [2.05, 4.69) is 4.72 Å². The number of sulfonamides is 1. The lowest BCUT2D eigenvalue weighted by molar-refractivity contribution is 0.323. The van der Waals surface area contributed by atoms with Crippen molar-refractivity contribution in [2.45, 2.75) is 17.7 Å². The van der Waals surface area contributed by atoms with Crippen LogP contribution in [0.4, 0.5) is 0 Å². The predicted molar refractivity (Wildman–Crippen MR) is 92.6 cm³/mol. The third-order valence-electron chi connectivity index (χ3n) is 3.24. The molecule has 0 amide bonds. The summed E-state index contributed by atoms with van der Waals surface area (Å²) < 4.78 is 32.4. The largest absolute Gasteiger partial charge is 0.492 e. The van der Waals surface area contributed by atoms with Crippen molar-refractivity contribution in [1.29, 1.82) is 0 Å². The van der Waals surface area contributed by atoms with E-state index in [9.17, 15) is 8.42 Å². The lowest BCUT2D eigenvalue weighted by Crippen LogP contribution is -2.28. The zero-order valence-corrected chi connectivity index (χ0v) is 14.3. The van der Waals surface area contributed by atoms with Gasteiger partial charge in [0, 0.05) is 12.4 Å². The maximum atomic E-state index is 12.2. The molecule has 0 unspecified atom stereocenters. The molecule has 0 spiro atoms. The highest BCUT2D eigenvalue weighted by Gasteiger charge is 2.13. The first-order valence-corrected chi connectivity index (χ1v) is 9.46. The zero-order chi connectivity index (χ0) is 16.5. The minimum Gasteiger partial charge on any atom is -0.492 e. The molecule has 0 aromatic heterocycles. The molecule has 4 nitrogen and oxygen atoms in total. The lowest BCUT2D eigenvalue weighted by Gasteiger charge is -2.09. The highest BCUT2D eigenvalue weighted by Crippen LogP contribution is 2.12. The summed E-state index contributed by atoms with van der Waals surface area (Å²) in [5, 5.41) is 0. The van der Waals surface area contributed by atoms with E-state index >= 15 is 0 Å². The topological polar surface area (TPSA) is 55.4 Å². The van der Waals surface area contributed by atoms with Crippen LogP contribution in [-0.4, -0.2) is 27.4 Å². The van der Waals surface area contributed by atoms with Gasteiger partial charge >= 0.3 is 0 Å². The van der Waals surface area contributed by atoms with Gasteiger partial charge in [0.15, 0.2) is 0 Å². The first-order valence-electron chi connectivity index (χ1n) is 7.44. The van der Waals surface area contributed by atoms with Gasteiger partial charge in [-0.1, -0.05) is 30.3 Å². The molecule has 0 saturated carbocycles. The van der Waals surface area contributed by atoms with Crippen molar-refractivity contribution in [2.24, 2.45) is 0 Å². The highest BCUT2D eigenvalue weighted by atomic mass is 35.5. The van der Waals surface area contributed by atoms with Crippen LogP contribution in [0.25, 0.3) is 0 Å². The van der Waals surface area contributed by atoms with Gasteiger partial charge in [-0.25, -0.2) is 13.1 Å². The van der Waals surface area contributed by atoms with Crippen molar-refractivity contribution in [3.8, 4) is 5.75 Å². The van der Waals surface area contributed by atoms with Gasteiger partial charge in [-0.15, -0.1) is 11.6 Å². The van der Waals surface area contributed by atoms with Crippen molar-refractivity contribution in [3.05, 3.63) is 60.2 Å². The second-order valence-electron chi connectivity index (χ2n) is 5.00. The number of rotatable bonds is 9. The molecule has 2 rings (SSSR count). The molecule has 0 aliphatic carbocycles. The number of hydrogen-bond acceptors (Lipinski definition) is 3. The van der Waals surface area contributed by atoms with Crippen LogP contribution in [0, 0.1) is 0 Å². The van der Waals surface area contributed by atoms with E-state index in [4.69, 9.17) is 16.3 Å². The van der Waals surface area contributed by atoms with Crippen molar-refractivity contribution in [2.75, 3.05) is 19.0 Å². The molecule has 6 heteroatoms. The minimum absolute atomic E-state index is 0.214. The fourth-order valence-electron chi connectivity index (χ4n) is 2.05. The predicted octanol–water partition coefficient (Wildman–Crippen LogP) is 3.22. The highest BCUT2D eigenvalue weighted by molar-refractivity contribution is 7.89. The number of alkyl halides is 1. The third-order valence-corrected chi connectivity index (χ3v) is 4.98. The van der Waals surface area contributed by atoms with Crippen molar-refractivity contribution in [1.82, 2.24) is 4.72 Å². The van der Waals surface area contributed by atoms with Crippen LogP contribution in [0.2, 0.25) is 0 Å². The van der Waals surface area contributed by atoms with Crippen LogP contribution in [0.1, 0.15) is 12.0 Å². The number of benzene rings is 2. The van der Waals surface area contributed by atoms with Crippen LogP contribution in [0.15, 0.2) is 59.5 Å². The first-order chi connectivity index (χ1) is 11.1. The smallest absolute Gasteiger partial charge is 0.240 e. The number of aryl methyl sites for hydroxylation is 1. The van der Waals surface area contributed by atoms with Crippen molar-refractivity contribution >= 4 is 21.6 Å². The molecule has 0 saturated heterocycles. The lowest BCUT2D eigenvalue weighted by atomic mass is 10.1. The maximum absolute atomic E-state index is 12.2. The second kappa shape index (κ2) is 8.91. The van der Waals surface area contributed by atoms with E-state index in [0.717, 1.165) is 24.2 Å². The molecule has 0 aliphatic heterocycles. The second-order valence-corrected chi connectivity index (χ2v) is 7.14. The molecule has 2 aromatic rings. The van der Waals surface area contributed by atoms with E-state index in [1.165, 1.54) is 0 Å². The van der Waals surface area contributed by atoms with Crippen LogP contribution in [0.5, 0.6) is 5.75 Å². The molecule has 23 heavy (non-hydrogen) atoms. The molecule has 0 aliphatic rings. The van der Waals surface area contributed by atoms with Gasteiger partial charge in [-0.05, 0) is 42.7 Å². The molecular formula is C17H20ClNO3S. The quantitative estimate of drug-likeness (QED) is 0.556. The Bertz CT molecular complexity index is 688. The minimum atomic E-state index is -3.51. The van der Waals surface area contributed by atoms with E-state index in [0.29, 0.717) is 5.88 Å². The van der Waals surface area contributed by atoms with Crippen LogP contribution < -0.4 is 9.46 Å². The van der Waals surface area contributed by atoms with Gasteiger partial charge < -0.3 is 4.74 Å². The first kappa shape index (κ1) is 17.8. The fourth-order valence-corrected chi connectivity index (χ4v) is 3.20. The molecular weight excluding hydrogens is 334 g/mol. The van der Waals surface area contributed by atoms with Crippen LogP contribution >= 0.6 is 11.6 Å². The monoisotopic (exact) mass is 353 g/mol. The van der Waals surface area contributed by atoms with E-state index < -0.39 is 10.0 Å². The van der Waals surface area contributed by atoms with Gasteiger partial charge in [0.25, 0.3) is 0 Å². The van der Waals surface area contributed by atoms with Gasteiger partial charge in [0.1, 0.15) is 12.4 Å². The number of ether oxygens (including phenoxy) is 1. The van der Waals surface area contributed by atoms with Gasteiger partial charge in [0.05, 0.1) is 4.90 Å². The average Bonchev–Trinajstić information content (AvgIpc) is 2.58. The Morgan fingerprint density at radius 2 is 1.70 bits per heavy atom. The Kier molecular flexibility index (Phi) is 6.89. The molecule has 0 fully saturated rings. The summed E-state index contributed by atoms with van der Waals surface area (Å²) in [6, 6.07) is 16.2. The summed E-state index contributed by atoms with van der Waals surface area (Å²) in [4.78, 5) is 0.256. The molecule has 0 atom stereocenters. The summed E-state index contributed by atoms with van der Waals surface area (Å²) >= 11 is 5.65. The Hall–Kier alpha value is -1.56. The summed E-state index contributed by atoms with van der Waals surface area (Å²) in [6.45, 7) is 0.488.